The van der Waals surface area contributed by atoms with Crippen LogP contribution in [0.2, 0.25) is 0 Å². The van der Waals surface area contributed by atoms with Gasteiger partial charge in [0, 0.05) is 17.5 Å². The maximum atomic E-state index is 5.89. The fourth-order valence-corrected chi connectivity index (χ4v) is 2.24. The summed E-state index contributed by atoms with van der Waals surface area (Å²) in [6.45, 7) is 0. The number of hydrogen-bond donors (Lipinski definition) is 1. The van der Waals surface area contributed by atoms with E-state index in [1.54, 1.807) is 0 Å². The molecule has 0 amide bonds. The molecule has 2 aliphatic rings. The van der Waals surface area contributed by atoms with Crippen LogP contribution in [0.15, 0.2) is 30.3 Å². The van der Waals surface area contributed by atoms with Crippen molar-refractivity contribution in [1.29, 1.82) is 0 Å². The van der Waals surface area contributed by atoms with Crippen molar-refractivity contribution in [2.24, 2.45) is 0 Å². The van der Waals surface area contributed by atoms with E-state index in [1.807, 2.05) is 30.3 Å². The minimum absolute atomic E-state index is 0.428. The molecule has 0 aliphatic heterocycles. The zero-order valence-corrected chi connectivity index (χ0v) is 11.2. The molecule has 0 radical (unpaired) electrons. The molecule has 0 unspecified atom stereocenters. The molecule has 0 bridgehead atoms. The fourth-order valence-electron chi connectivity index (χ4n) is 2.24. The van der Waals surface area contributed by atoms with Gasteiger partial charge in [-0.3, -0.25) is 0 Å². The molecule has 2 N–H and O–H groups in total. The second-order valence-electron chi connectivity index (χ2n) is 5.65. The molecule has 0 atom stereocenters. The zero-order chi connectivity index (χ0) is 13.5. The molecule has 0 spiro atoms. The SMILES string of the molecule is Nc1cc(-c2ccc(OC3CC3)cc2)nc(C2CC2)n1. The summed E-state index contributed by atoms with van der Waals surface area (Å²) in [6, 6.07) is 9.92. The number of rotatable bonds is 4. The van der Waals surface area contributed by atoms with Crippen molar-refractivity contribution < 1.29 is 4.74 Å². The first kappa shape index (κ1) is 11.7. The van der Waals surface area contributed by atoms with Gasteiger partial charge in [-0.05, 0) is 49.9 Å². The second kappa shape index (κ2) is 4.47. The Hall–Kier alpha value is -2.10. The summed E-state index contributed by atoms with van der Waals surface area (Å²) in [5.74, 6) is 2.88. The molecule has 20 heavy (non-hydrogen) atoms. The lowest BCUT2D eigenvalue weighted by molar-refractivity contribution is 0.303. The van der Waals surface area contributed by atoms with Crippen molar-refractivity contribution in [1.82, 2.24) is 9.97 Å². The average molecular weight is 267 g/mol. The van der Waals surface area contributed by atoms with E-state index in [2.05, 4.69) is 9.97 Å². The van der Waals surface area contributed by atoms with Crippen LogP contribution in [0.25, 0.3) is 11.3 Å². The van der Waals surface area contributed by atoms with Crippen LogP contribution in [0.3, 0.4) is 0 Å². The molecule has 1 heterocycles. The highest BCUT2D eigenvalue weighted by Gasteiger charge is 2.27. The number of aromatic nitrogens is 2. The number of ether oxygens (including phenoxy) is 1. The second-order valence-corrected chi connectivity index (χ2v) is 5.65. The highest BCUT2D eigenvalue weighted by Crippen LogP contribution is 2.39. The lowest BCUT2D eigenvalue weighted by Crippen LogP contribution is -2.00. The Morgan fingerprint density at radius 3 is 2.40 bits per heavy atom. The topological polar surface area (TPSA) is 61.0 Å². The summed E-state index contributed by atoms with van der Waals surface area (Å²) in [4.78, 5) is 8.97. The van der Waals surface area contributed by atoms with Crippen LogP contribution in [0, 0.1) is 0 Å². The molecule has 1 aromatic heterocycles. The quantitative estimate of drug-likeness (QED) is 0.924. The van der Waals surface area contributed by atoms with Crippen molar-refractivity contribution >= 4 is 5.82 Å². The third kappa shape index (κ3) is 2.46. The van der Waals surface area contributed by atoms with Gasteiger partial charge in [-0.1, -0.05) is 0 Å². The van der Waals surface area contributed by atoms with Crippen LogP contribution in [0.1, 0.15) is 37.4 Å². The maximum Gasteiger partial charge on any atom is 0.134 e. The van der Waals surface area contributed by atoms with Gasteiger partial charge in [-0.25, -0.2) is 9.97 Å². The summed E-state index contributed by atoms with van der Waals surface area (Å²) in [7, 11) is 0. The first-order chi connectivity index (χ1) is 9.78. The normalized spacial score (nSPS) is 18.0. The standard InChI is InChI=1S/C16H17N3O/c17-15-9-14(18-16(19-15)11-1-2-11)10-3-5-12(6-4-10)20-13-7-8-13/h3-6,9,11,13H,1-2,7-8H2,(H2,17,18,19). The minimum atomic E-state index is 0.428. The van der Waals surface area contributed by atoms with Crippen LogP contribution < -0.4 is 10.5 Å². The summed E-state index contributed by atoms with van der Waals surface area (Å²) in [5.41, 5.74) is 7.85. The van der Waals surface area contributed by atoms with Crippen molar-refractivity contribution in [3.63, 3.8) is 0 Å². The van der Waals surface area contributed by atoms with E-state index in [-0.39, 0.29) is 0 Å². The molecule has 4 rings (SSSR count). The molecule has 2 aromatic rings. The molecule has 0 saturated heterocycles. The van der Waals surface area contributed by atoms with Crippen molar-refractivity contribution in [3.05, 3.63) is 36.2 Å². The Morgan fingerprint density at radius 1 is 1.00 bits per heavy atom. The highest BCUT2D eigenvalue weighted by molar-refractivity contribution is 5.62. The van der Waals surface area contributed by atoms with E-state index in [0.29, 0.717) is 17.8 Å². The van der Waals surface area contributed by atoms with E-state index in [0.717, 1.165) is 22.8 Å². The zero-order valence-electron chi connectivity index (χ0n) is 11.2. The molecule has 102 valence electrons. The van der Waals surface area contributed by atoms with E-state index in [4.69, 9.17) is 10.5 Å². The summed E-state index contributed by atoms with van der Waals surface area (Å²) in [6.07, 6.45) is 5.13. The van der Waals surface area contributed by atoms with Gasteiger partial charge in [0.1, 0.15) is 17.4 Å². The molecular formula is C16H17N3O. The van der Waals surface area contributed by atoms with E-state index >= 15 is 0 Å². The van der Waals surface area contributed by atoms with Crippen LogP contribution in [-0.4, -0.2) is 16.1 Å². The number of nitrogens with two attached hydrogens (primary N) is 1. The maximum absolute atomic E-state index is 5.89. The molecule has 2 saturated carbocycles. The van der Waals surface area contributed by atoms with Gasteiger partial charge in [-0.15, -0.1) is 0 Å². The average Bonchev–Trinajstić information content (AvgIpc) is 3.33. The monoisotopic (exact) mass is 267 g/mol. The summed E-state index contributed by atoms with van der Waals surface area (Å²) >= 11 is 0. The molecule has 1 aromatic carbocycles. The highest BCUT2D eigenvalue weighted by atomic mass is 16.5. The predicted octanol–water partition coefficient (Wildman–Crippen LogP) is 3.14. The van der Waals surface area contributed by atoms with Gasteiger partial charge < -0.3 is 10.5 Å². The van der Waals surface area contributed by atoms with Crippen LogP contribution in [0.4, 0.5) is 5.82 Å². The third-order valence-corrected chi connectivity index (χ3v) is 3.68. The molecule has 4 nitrogen and oxygen atoms in total. The predicted molar refractivity (Wildman–Crippen MR) is 77.5 cm³/mol. The number of nitrogens with zero attached hydrogens (tertiary/aromatic N) is 2. The lowest BCUT2D eigenvalue weighted by atomic mass is 10.1. The summed E-state index contributed by atoms with van der Waals surface area (Å²) in [5, 5.41) is 0. The minimum Gasteiger partial charge on any atom is -0.490 e. The number of nitrogen functional groups attached to an aromatic ring is 1. The van der Waals surface area contributed by atoms with Gasteiger partial charge >= 0.3 is 0 Å². The number of hydrogen-bond acceptors (Lipinski definition) is 4. The Morgan fingerprint density at radius 2 is 1.75 bits per heavy atom. The van der Waals surface area contributed by atoms with Crippen molar-refractivity contribution in [2.45, 2.75) is 37.7 Å². The van der Waals surface area contributed by atoms with Crippen molar-refractivity contribution in [2.75, 3.05) is 5.73 Å². The van der Waals surface area contributed by atoms with Crippen LogP contribution >= 0.6 is 0 Å². The smallest absolute Gasteiger partial charge is 0.134 e. The fraction of sp³-hybridized carbons (Fsp3) is 0.375. The molecule has 2 aliphatic carbocycles. The summed E-state index contributed by atoms with van der Waals surface area (Å²) < 4.78 is 5.75. The lowest BCUT2D eigenvalue weighted by Gasteiger charge is -2.07. The number of benzene rings is 1. The van der Waals surface area contributed by atoms with Crippen molar-refractivity contribution in [3.8, 4) is 17.0 Å². The van der Waals surface area contributed by atoms with E-state index in [1.165, 1.54) is 25.7 Å². The molecular weight excluding hydrogens is 250 g/mol. The van der Waals surface area contributed by atoms with E-state index in [9.17, 15) is 0 Å². The van der Waals surface area contributed by atoms with Gasteiger partial charge in [0.15, 0.2) is 0 Å². The Labute approximate surface area is 118 Å². The number of anilines is 1. The molecule has 2 fully saturated rings. The Bertz CT molecular complexity index is 631. The third-order valence-electron chi connectivity index (χ3n) is 3.68. The first-order valence-corrected chi connectivity index (χ1v) is 7.19. The largest absolute Gasteiger partial charge is 0.490 e. The Balaban J connectivity index is 1.62. The molecule has 4 heteroatoms. The Kier molecular flexibility index (Phi) is 2.62. The first-order valence-electron chi connectivity index (χ1n) is 7.19. The van der Waals surface area contributed by atoms with Crippen LogP contribution in [0.5, 0.6) is 5.75 Å². The van der Waals surface area contributed by atoms with Gasteiger partial charge in [0.25, 0.3) is 0 Å². The van der Waals surface area contributed by atoms with E-state index < -0.39 is 0 Å². The van der Waals surface area contributed by atoms with Gasteiger partial charge in [0.2, 0.25) is 0 Å². The van der Waals surface area contributed by atoms with Gasteiger partial charge in [-0.2, -0.15) is 0 Å². The van der Waals surface area contributed by atoms with Crippen LogP contribution in [-0.2, 0) is 0 Å². The van der Waals surface area contributed by atoms with Gasteiger partial charge in [0.05, 0.1) is 11.8 Å².